The van der Waals surface area contributed by atoms with E-state index in [2.05, 4.69) is 17.4 Å². The summed E-state index contributed by atoms with van der Waals surface area (Å²) in [6.45, 7) is 1.38. The zero-order valence-corrected chi connectivity index (χ0v) is 15.7. The van der Waals surface area contributed by atoms with E-state index in [1.165, 1.54) is 17.7 Å². The van der Waals surface area contributed by atoms with Gasteiger partial charge in [-0.3, -0.25) is 10.1 Å². The molecule has 1 N–H and O–H groups in total. The Morgan fingerprint density at radius 2 is 1.52 bits per heavy atom. The number of non-ortho nitro benzene ring substituents is 1. The molecule has 0 aliphatic heterocycles. The minimum absolute atomic E-state index is 0.0694. The van der Waals surface area contributed by atoms with Crippen molar-refractivity contribution in [3.05, 3.63) is 112 Å². The van der Waals surface area contributed by atoms with Crippen LogP contribution in [0.4, 0.5) is 5.69 Å². The zero-order valence-electron chi connectivity index (χ0n) is 15.7. The third-order valence-corrected chi connectivity index (χ3v) is 4.65. The molecule has 0 bridgehead atoms. The van der Waals surface area contributed by atoms with Crippen molar-refractivity contribution in [2.45, 2.75) is 13.1 Å². The summed E-state index contributed by atoms with van der Waals surface area (Å²) in [7, 11) is 0. The highest BCUT2D eigenvalue weighted by Crippen LogP contribution is 2.26. The Hall–Kier alpha value is -3.77. The Bertz CT molecular complexity index is 1090. The number of hydrogen-bond acceptors (Lipinski definition) is 4. The number of para-hydroxylation sites is 1. The van der Waals surface area contributed by atoms with Gasteiger partial charge in [0, 0.05) is 42.5 Å². The van der Waals surface area contributed by atoms with Crippen LogP contribution < -0.4 is 5.32 Å². The molecule has 0 unspecified atom stereocenters. The van der Waals surface area contributed by atoms with Crippen molar-refractivity contribution < 1.29 is 4.92 Å². The normalized spacial score (nSPS) is 10.8. The highest BCUT2D eigenvalue weighted by Gasteiger charge is 2.14. The monoisotopic (exact) mass is 384 g/mol. The van der Waals surface area contributed by atoms with Crippen molar-refractivity contribution in [3.8, 4) is 16.9 Å². The van der Waals surface area contributed by atoms with Gasteiger partial charge in [0.2, 0.25) is 0 Å². The molecule has 6 heteroatoms. The summed E-state index contributed by atoms with van der Waals surface area (Å²) >= 11 is 0. The van der Waals surface area contributed by atoms with Gasteiger partial charge >= 0.3 is 0 Å². The lowest BCUT2D eigenvalue weighted by Crippen LogP contribution is -2.12. The molecule has 4 aromatic rings. The summed E-state index contributed by atoms with van der Waals surface area (Å²) in [5.41, 5.74) is 4.93. The smallest absolute Gasteiger partial charge is 0.269 e. The fourth-order valence-electron chi connectivity index (χ4n) is 3.17. The molecular weight excluding hydrogens is 364 g/mol. The van der Waals surface area contributed by atoms with Crippen molar-refractivity contribution >= 4 is 5.69 Å². The fraction of sp³-hybridized carbons (Fsp3) is 0.0870. The van der Waals surface area contributed by atoms with Crippen LogP contribution in [0.1, 0.15) is 11.1 Å². The summed E-state index contributed by atoms with van der Waals surface area (Å²) in [5, 5.41) is 19.2. The first-order valence-electron chi connectivity index (χ1n) is 9.34. The van der Waals surface area contributed by atoms with Crippen molar-refractivity contribution in [3.63, 3.8) is 0 Å². The third kappa shape index (κ3) is 4.39. The number of nitrogens with zero attached hydrogens (tertiary/aromatic N) is 3. The standard InChI is InChI=1S/C23H20N4O2/c28-27(29)22-13-11-19(12-14-22)23-20(16-24-15-18-7-3-1-4-8-18)17-26(25-23)21-9-5-2-6-10-21/h1-14,17,24H,15-16H2. The third-order valence-electron chi connectivity index (χ3n) is 4.65. The lowest BCUT2D eigenvalue weighted by Gasteiger charge is -2.05. The summed E-state index contributed by atoms with van der Waals surface area (Å²) in [6, 6.07) is 26.6. The molecule has 0 atom stereocenters. The predicted molar refractivity (Wildman–Crippen MR) is 113 cm³/mol. The van der Waals surface area contributed by atoms with Crippen molar-refractivity contribution in [1.29, 1.82) is 0 Å². The number of nitro groups is 1. The van der Waals surface area contributed by atoms with Gasteiger partial charge in [0.15, 0.2) is 0 Å². The Labute approximate surface area is 168 Å². The molecule has 0 amide bonds. The second-order valence-electron chi connectivity index (χ2n) is 6.68. The Morgan fingerprint density at radius 1 is 0.862 bits per heavy atom. The first-order valence-corrected chi connectivity index (χ1v) is 9.34. The summed E-state index contributed by atoms with van der Waals surface area (Å²) < 4.78 is 1.84. The lowest BCUT2D eigenvalue weighted by molar-refractivity contribution is -0.384. The highest BCUT2D eigenvalue weighted by molar-refractivity contribution is 5.64. The lowest BCUT2D eigenvalue weighted by atomic mass is 10.1. The van der Waals surface area contributed by atoms with Gasteiger partial charge in [-0.15, -0.1) is 0 Å². The average Bonchev–Trinajstić information content (AvgIpc) is 3.19. The van der Waals surface area contributed by atoms with Crippen molar-refractivity contribution in [2.24, 2.45) is 0 Å². The van der Waals surface area contributed by atoms with Crippen LogP contribution in [0.5, 0.6) is 0 Å². The SMILES string of the molecule is O=[N+]([O-])c1ccc(-c2nn(-c3ccccc3)cc2CNCc2ccccc2)cc1. The van der Waals surface area contributed by atoms with Gasteiger partial charge in [-0.1, -0.05) is 48.5 Å². The molecule has 144 valence electrons. The largest absolute Gasteiger partial charge is 0.308 e. The zero-order chi connectivity index (χ0) is 20.1. The molecule has 0 aliphatic carbocycles. The van der Waals surface area contributed by atoms with Gasteiger partial charge < -0.3 is 5.32 Å². The molecule has 1 heterocycles. The maximum atomic E-state index is 11.0. The highest BCUT2D eigenvalue weighted by atomic mass is 16.6. The van der Waals surface area contributed by atoms with Crippen LogP contribution in [0, 0.1) is 10.1 Å². The number of aromatic nitrogens is 2. The first-order chi connectivity index (χ1) is 14.2. The number of hydrogen-bond donors (Lipinski definition) is 1. The van der Waals surface area contributed by atoms with Gasteiger partial charge in [-0.2, -0.15) is 5.10 Å². The van der Waals surface area contributed by atoms with E-state index >= 15 is 0 Å². The van der Waals surface area contributed by atoms with E-state index in [-0.39, 0.29) is 5.69 Å². The number of rotatable bonds is 7. The van der Waals surface area contributed by atoms with Crippen molar-refractivity contribution in [1.82, 2.24) is 15.1 Å². The van der Waals surface area contributed by atoms with E-state index in [0.717, 1.165) is 29.1 Å². The molecule has 0 saturated heterocycles. The predicted octanol–water partition coefficient (Wildman–Crippen LogP) is 4.74. The van der Waals surface area contributed by atoms with E-state index in [0.29, 0.717) is 6.54 Å². The maximum absolute atomic E-state index is 11.0. The number of nitro benzene ring substituents is 1. The van der Waals surface area contributed by atoms with Crippen LogP contribution in [0.3, 0.4) is 0 Å². The van der Waals surface area contributed by atoms with E-state index in [1.54, 1.807) is 12.1 Å². The summed E-state index contributed by atoms with van der Waals surface area (Å²) in [4.78, 5) is 10.6. The van der Waals surface area contributed by atoms with Gasteiger partial charge in [0.25, 0.3) is 5.69 Å². The molecule has 0 saturated carbocycles. The quantitative estimate of drug-likeness (QED) is 0.369. The number of nitrogens with one attached hydrogen (secondary N) is 1. The minimum atomic E-state index is -0.394. The first kappa shape index (κ1) is 18.6. The van der Waals surface area contributed by atoms with Crippen LogP contribution in [-0.4, -0.2) is 14.7 Å². The topological polar surface area (TPSA) is 73.0 Å². The molecule has 6 nitrogen and oxygen atoms in total. The van der Waals surface area contributed by atoms with Crippen molar-refractivity contribution in [2.75, 3.05) is 0 Å². The molecule has 0 aliphatic rings. The number of benzene rings is 3. The van der Waals surface area contributed by atoms with Gasteiger partial charge in [-0.25, -0.2) is 4.68 Å². The molecule has 0 radical (unpaired) electrons. The van der Waals surface area contributed by atoms with Gasteiger partial charge in [0.1, 0.15) is 0 Å². The Balaban J connectivity index is 1.62. The summed E-state index contributed by atoms with van der Waals surface area (Å²) in [5.74, 6) is 0. The molecular formula is C23H20N4O2. The second kappa shape index (κ2) is 8.50. The van der Waals surface area contributed by atoms with Gasteiger partial charge in [-0.05, 0) is 29.8 Å². The molecule has 4 rings (SSSR count). The average molecular weight is 384 g/mol. The van der Waals surface area contributed by atoms with Crippen LogP contribution >= 0.6 is 0 Å². The van der Waals surface area contributed by atoms with Crippen LogP contribution in [0.15, 0.2) is 91.1 Å². The second-order valence-corrected chi connectivity index (χ2v) is 6.68. The Kier molecular flexibility index (Phi) is 5.45. The van der Waals surface area contributed by atoms with E-state index < -0.39 is 4.92 Å². The molecule has 0 fully saturated rings. The van der Waals surface area contributed by atoms with E-state index in [4.69, 9.17) is 5.10 Å². The molecule has 3 aromatic carbocycles. The molecule has 29 heavy (non-hydrogen) atoms. The van der Waals surface area contributed by atoms with Crippen LogP contribution in [0.25, 0.3) is 16.9 Å². The fourth-order valence-corrected chi connectivity index (χ4v) is 3.17. The van der Waals surface area contributed by atoms with Gasteiger partial charge in [0.05, 0.1) is 16.3 Å². The van der Waals surface area contributed by atoms with Crippen LogP contribution in [0.2, 0.25) is 0 Å². The van der Waals surface area contributed by atoms with E-state index in [1.807, 2.05) is 59.4 Å². The van der Waals surface area contributed by atoms with E-state index in [9.17, 15) is 10.1 Å². The maximum Gasteiger partial charge on any atom is 0.269 e. The molecule has 1 aromatic heterocycles. The minimum Gasteiger partial charge on any atom is -0.308 e. The Morgan fingerprint density at radius 3 is 2.17 bits per heavy atom. The summed E-state index contributed by atoms with van der Waals surface area (Å²) in [6.07, 6.45) is 2.00. The van der Waals surface area contributed by atoms with Crippen LogP contribution in [-0.2, 0) is 13.1 Å². The molecule has 0 spiro atoms.